The van der Waals surface area contributed by atoms with Crippen LogP contribution in [-0.4, -0.2) is 17.5 Å². The first-order valence-electron chi connectivity index (χ1n) is 8.49. The van der Waals surface area contributed by atoms with Crippen LogP contribution in [0.5, 0.6) is 0 Å². The second kappa shape index (κ2) is 5.74. The molecule has 0 bridgehead atoms. The number of fused-ring (bicyclic) bond motifs is 2. The Kier molecular flexibility index (Phi) is 3.25. The van der Waals surface area contributed by atoms with Gasteiger partial charge in [0.25, 0.3) is 5.91 Å². The third-order valence-electron chi connectivity index (χ3n) is 4.70. The van der Waals surface area contributed by atoms with Crippen molar-refractivity contribution in [3.63, 3.8) is 0 Å². The van der Waals surface area contributed by atoms with Crippen LogP contribution in [0.15, 0.2) is 94.9 Å². The standard InChI is InChI=1S/C23H14N2O/c26-23-21(19-13-5-9-15-7-1-3-11-17(15)19)24-22(25-23)20-14-6-10-16-8-2-4-12-18(16)20/h1-14H. The average Bonchev–Trinajstić information content (AvgIpc) is 3.08. The quantitative estimate of drug-likeness (QED) is 0.521. The maximum atomic E-state index is 12.6. The molecule has 4 aromatic rings. The number of benzene rings is 4. The highest BCUT2D eigenvalue weighted by atomic mass is 16.1. The molecule has 0 aromatic heterocycles. The van der Waals surface area contributed by atoms with Crippen molar-refractivity contribution in [2.75, 3.05) is 0 Å². The maximum Gasteiger partial charge on any atom is 0.298 e. The van der Waals surface area contributed by atoms with Crippen LogP contribution in [0.1, 0.15) is 11.1 Å². The van der Waals surface area contributed by atoms with Gasteiger partial charge in [0.05, 0.1) is 0 Å². The Morgan fingerprint density at radius 3 is 1.77 bits per heavy atom. The van der Waals surface area contributed by atoms with Crippen molar-refractivity contribution in [1.29, 1.82) is 0 Å². The molecule has 0 aliphatic carbocycles. The van der Waals surface area contributed by atoms with Crippen LogP contribution in [0.25, 0.3) is 21.5 Å². The molecule has 122 valence electrons. The van der Waals surface area contributed by atoms with Crippen molar-refractivity contribution in [2.24, 2.45) is 9.98 Å². The smallest absolute Gasteiger partial charge is 0.265 e. The van der Waals surface area contributed by atoms with Crippen LogP contribution in [0.4, 0.5) is 0 Å². The number of nitrogens with zero attached hydrogens (tertiary/aromatic N) is 2. The molecule has 0 atom stereocenters. The zero-order valence-corrected chi connectivity index (χ0v) is 13.9. The van der Waals surface area contributed by atoms with Gasteiger partial charge in [-0.05, 0) is 21.5 Å². The summed E-state index contributed by atoms with van der Waals surface area (Å²) in [5.74, 6) is 0.194. The minimum absolute atomic E-state index is 0.288. The van der Waals surface area contributed by atoms with Gasteiger partial charge in [-0.15, -0.1) is 0 Å². The Hall–Kier alpha value is -3.59. The van der Waals surface area contributed by atoms with Crippen molar-refractivity contribution < 1.29 is 4.79 Å². The third kappa shape index (κ3) is 2.25. The van der Waals surface area contributed by atoms with E-state index >= 15 is 0 Å². The monoisotopic (exact) mass is 334 g/mol. The molecule has 26 heavy (non-hydrogen) atoms. The lowest BCUT2D eigenvalue weighted by Gasteiger charge is -2.05. The minimum Gasteiger partial charge on any atom is -0.265 e. The molecule has 1 aliphatic heterocycles. The molecule has 0 saturated carbocycles. The van der Waals surface area contributed by atoms with E-state index in [9.17, 15) is 4.79 Å². The molecule has 0 N–H and O–H groups in total. The summed E-state index contributed by atoms with van der Waals surface area (Å²) in [7, 11) is 0. The fourth-order valence-corrected chi connectivity index (χ4v) is 3.48. The molecule has 1 aliphatic rings. The predicted molar refractivity (Wildman–Crippen MR) is 106 cm³/mol. The Balaban J connectivity index is 1.68. The molecule has 0 unspecified atom stereocenters. The second-order valence-electron chi connectivity index (χ2n) is 6.25. The highest BCUT2D eigenvalue weighted by Crippen LogP contribution is 2.25. The number of carbonyl (C=O) groups is 1. The number of hydrogen-bond donors (Lipinski definition) is 0. The van der Waals surface area contributed by atoms with Gasteiger partial charge in [0.15, 0.2) is 5.84 Å². The molecule has 5 rings (SSSR count). The van der Waals surface area contributed by atoms with Crippen LogP contribution in [0.3, 0.4) is 0 Å². The molecule has 0 radical (unpaired) electrons. The fourth-order valence-electron chi connectivity index (χ4n) is 3.48. The lowest BCUT2D eigenvalue weighted by molar-refractivity contribution is -0.111. The van der Waals surface area contributed by atoms with Gasteiger partial charge in [-0.25, -0.2) is 4.99 Å². The summed E-state index contributed by atoms with van der Waals surface area (Å²) in [5.41, 5.74) is 2.11. The molecular formula is C23H14N2O. The van der Waals surface area contributed by atoms with E-state index in [4.69, 9.17) is 0 Å². The van der Waals surface area contributed by atoms with E-state index in [1.807, 2.05) is 84.9 Å². The average molecular weight is 334 g/mol. The topological polar surface area (TPSA) is 41.8 Å². The van der Waals surface area contributed by atoms with Crippen molar-refractivity contribution in [3.8, 4) is 0 Å². The van der Waals surface area contributed by atoms with Crippen LogP contribution < -0.4 is 0 Å². The van der Waals surface area contributed by atoms with Crippen molar-refractivity contribution >= 4 is 39.0 Å². The number of aliphatic imine (C=N–C) groups is 2. The van der Waals surface area contributed by atoms with Crippen molar-refractivity contribution in [2.45, 2.75) is 0 Å². The zero-order valence-electron chi connectivity index (χ0n) is 13.9. The number of rotatable bonds is 2. The van der Waals surface area contributed by atoms with Gasteiger partial charge >= 0.3 is 0 Å². The van der Waals surface area contributed by atoms with Gasteiger partial charge in [-0.1, -0.05) is 84.9 Å². The first-order valence-corrected chi connectivity index (χ1v) is 8.49. The van der Waals surface area contributed by atoms with Gasteiger partial charge < -0.3 is 0 Å². The molecule has 0 saturated heterocycles. The van der Waals surface area contributed by atoms with E-state index in [2.05, 4.69) is 9.98 Å². The number of amidine groups is 1. The van der Waals surface area contributed by atoms with Gasteiger partial charge in [0.2, 0.25) is 0 Å². The fraction of sp³-hybridized carbons (Fsp3) is 0. The van der Waals surface area contributed by atoms with E-state index in [1.54, 1.807) is 0 Å². The van der Waals surface area contributed by atoms with E-state index in [1.165, 1.54) is 0 Å². The molecule has 3 nitrogen and oxygen atoms in total. The predicted octanol–water partition coefficient (Wildman–Crippen LogP) is 4.77. The summed E-state index contributed by atoms with van der Waals surface area (Å²) in [5, 5.41) is 4.24. The molecule has 1 heterocycles. The van der Waals surface area contributed by atoms with Gasteiger partial charge in [-0.3, -0.25) is 4.79 Å². The highest BCUT2D eigenvalue weighted by molar-refractivity contribution is 6.53. The largest absolute Gasteiger partial charge is 0.298 e. The van der Waals surface area contributed by atoms with E-state index in [0.29, 0.717) is 11.5 Å². The lowest BCUT2D eigenvalue weighted by atomic mass is 10.0. The molecular weight excluding hydrogens is 320 g/mol. The SMILES string of the molecule is O=C1N=C(c2cccc3ccccc23)N=C1c1cccc2ccccc12. The van der Waals surface area contributed by atoms with Gasteiger partial charge in [-0.2, -0.15) is 4.99 Å². The second-order valence-corrected chi connectivity index (χ2v) is 6.25. The molecule has 0 fully saturated rings. The van der Waals surface area contributed by atoms with Crippen molar-refractivity contribution in [3.05, 3.63) is 96.1 Å². The summed E-state index contributed by atoms with van der Waals surface area (Å²) in [6.45, 7) is 0. The Bertz CT molecular complexity index is 1160. The summed E-state index contributed by atoms with van der Waals surface area (Å²) in [4.78, 5) is 21.5. The van der Waals surface area contributed by atoms with Crippen LogP contribution in [-0.2, 0) is 4.79 Å². The summed E-state index contributed by atoms with van der Waals surface area (Å²) in [6.07, 6.45) is 0. The van der Waals surface area contributed by atoms with Crippen molar-refractivity contribution in [1.82, 2.24) is 0 Å². The minimum atomic E-state index is -0.288. The van der Waals surface area contributed by atoms with Crippen LogP contribution >= 0.6 is 0 Å². The Labute approximate surface area is 150 Å². The summed E-state index contributed by atoms with van der Waals surface area (Å²) in [6, 6.07) is 28.0. The molecule has 1 amide bonds. The highest BCUT2D eigenvalue weighted by Gasteiger charge is 2.24. The first-order chi connectivity index (χ1) is 12.8. The zero-order chi connectivity index (χ0) is 17.5. The van der Waals surface area contributed by atoms with E-state index in [-0.39, 0.29) is 5.91 Å². The third-order valence-corrected chi connectivity index (χ3v) is 4.70. The van der Waals surface area contributed by atoms with Gasteiger partial charge in [0.1, 0.15) is 5.71 Å². The molecule has 0 spiro atoms. The first kappa shape index (κ1) is 14.7. The Morgan fingerprint density at radius 2 is 1.08 bits per heavy atom. The number of amides is 1. The normalized spacial score (nSPS) is 13.9. The van der Waals surface area contributed by atoms with E-state index in [0.717, 1.165) is 32.7 Å². The lowest BCUT2D eigenvalue weighted by Crippen LogP contribution is -2.09. The molecule has 4 aromatic carbocycles. The van der Waals surface area contributed by atoms with Crippen LogP contribution in [0.2, 0.25) is 0 Å². The summed E-state index contributed by atoms with van der Waals surface area (Å²) >= 11 is 0. The number of hydrogen-bond acceptors (Lipinski definition) is 2. The van der Waals surface area contributed by atoms with Crippen LogP contribution in [0, 0.1) is 0 Å². The molecule has 3 heteroatoms. The maximum absolute atomic E-state index is 12.6. The van der Waals surface area contributed by atoms with Gasteiger partial charge in [0, 0.05) is 11.1 Å². The Morgan fingerprint density at radius 1 is 0.538 bits per heavy atom. The summed E-state index contributed by atoms with van der Waals surface area (Å²) < 4.78 is 0. The number of carbonyl (C=O) groups excluding carboxylic acids is 1. The van der Waals surface area contributed by atoms with E-state index < -0.39 is 0 Å².